The second-order valence-corrected chi connectivity index (χ2v) is 6.43. The lowest BCUT2D eigenvalue weighted by atomic mass is 10.0. The van der Waals surface area contributed by atoms with Gasteiger partial charge in [0.2, 0.25) is 0 Å². The summed E-state index contributed by atoms with van der Waals surface area (Å²) in [6.07, 6.45) is 3.81. The summed E-state index contributed by atoms with van der Waals surface area (Å²) in [5, 5.41) is 16.5. The van der Waals surface area contributed by atoms with Crippen molar-refractivity contribution in [3.05, 3.63) is 28.8 Å². The normalized spacial score (nSPS) is 12.3. The molecule has 0 fully saturated rings. The quantitative estimate of drug-likeness (QED) is 0.247. The Balaban J connectivity index is 0.00000625. The molecule has 0 radical (unpaired) electrons. The standard InChI is InChI=1S/C19H32ClN3O2.HI/c1-4-6-15(10-12-24)14-23-19(21-5-2)22-11-9-16-7-8-17(25-3)13-18(16)20;/h7-8,13,15,24H,4-6,9-12,14H2,1-3H3,(H2,21,22,23);1H. The van der Waals surface area contributed by atoms with Crippen LogP contribution in [0.25, 0.3) is 0 Å². The van der Waals surface area contributed by atoms with Crippen LogP contribution in [0.15, 0.2) is 23.2 Å². The molecule has 150 valence electrons. The molecule has 0 bridgehead atoms. The minimum atomic E-state index is 0. The summed E-state index contributed by atoms with van der Waals surface area (Å²) in [6, 6.07) is 5.75. The van der Waals surface area contributed by atoms with Crippen molar-refractivity contribution in [2.45, 2.75) is 39.5 Å². The highest BCUT2D eigenvalue weighted by Crippen LogP contribution is 2.22. The van der Waals surface area contributed by atoms with E-state index in [0.717, 1.165) is 62.6 Å². The topological polar surface area (TPSA) is 65.9 Å². The van der Waals surface area contributed by atoms with E-state index in [1.165, 1.54) is 0 Å². The number of aliphatic hydroxyl groups excluding tert-OH is 1. The zero-order valence-corrected chi connectivity index (χ0v) is 19.1. The van der Waals surface area contributed by atoms with Gasteiger partial charge in [0.1, 0.15) is 5.75 Å². The minimum Gasteiger partial charge on any atom is -0.497 e. The van der Waals surface area contributed by atoms with Crippen LogP contribution in [0.5, 0.6) is 5.75 Å². The van der Waals surface area contributed by atoms with Crippen molar-refractivity contribution in [3.63, 3.8) is 0 Å². The Hall–Kier alpha value is -0.730. The number of nitrogens with one attached hydrogen (secondary N) is 2. The fourth-order valence-electron chi connectivity index (χ4n) is 2.65. The van der Waals surface area contributed by atoms with Crippen LogP contribution in [0.4, 0.5) is 0 Å². The molecule has 0 aliphatic carbocycles. The predicted molar refractivity (Wildman–Crippen MR) is 121 cm³/mol. The average molecular weight is 498 g/mol. The second-order valence-electron chi connectivity index (χ2n) is 6.02. The molecule has 1 atom stereocenters. The van der Waals surface area contributed by atoms with E-state index in [4.69, 9.17) is 21.4 Å². The molecule has 0 aliphatic heterocycles. The molecule has 7 heteroatoms. The van der Waals surface area contributed by atoms with Crippen molar-refractivity contribution in [2.75, 3.05) is 33.4 Å². The van der Waals surface area contributed by atoms with Gasteiger partial charge < -0.3 is 20.5 Å². The third-order valence-electron chi connectivity index (χ3n) is 4.03. The van der Waals surface area contributed by atoms with Gasteiger partial charge in [-0.25, -0.2) is 0 Å². The summed E-state index contributed by atoms with van der Waals surface area (Å²) < 4.78 is 5.17. The molecule has 0 spiro atoms. The molecule has 1 aromatic rings. The zero-order chi connectivity index (χ0) is 18.5. The van der Waals surface area contributed by atoms with Gasteiger partial charge in [-0.2, -0.15) is 0 Å². The summed E-state index contributed by atoms with van der Waals surface area (Å²) in [6.45, 7) is 6.72. The number of ether oxygens (including phenoxy) is 1. The van der Waals surface area contributed by atoms with Crippen molar-refractivity contribution < 1.29 is 9.84 Å². The Labute approximate surface area is 180 Å². The molecule has 3 N–H and O–H groups in total. The maximum absolute atomic E-state index is 9.16. The van der Waals surface area contributed by atoms with Crippen LogP contribution >= 0.6 is 35.6 Å². The molecule has 0 aromatic heterocycles. The lowest BCUT2D eigenvalue weighted by molar-refractivity contribution is 0.253. The Kier molecular flexibility index (Phi) is 14.9. The van der Waals surface area contributed by atoms with Gasteiger partial charge in [-0.1, -0.05) is 31.0 Å². The summed E-state index contributed by atoms with van der Waals surface area (Å²) in [5.74, 6) is 2.01. The maximum Gasteiger partial charge on any atom is 0.191 e. The second kappa shape index (κ2) is 15.3. The molecule has 1 aromatic carbocycles. The summed E-state index contributed by atoms with van der Waals surface area (Å²) in [5.41, 5.74) is 1.08. The number of aliphatic hydroxyl groups is 1. The van der Waals surface area contributed by atoms with Crippen molar-refractivity contribution in [1.82, 2.24) is 10.6 Å². The van der Waals surface area contributed by atoms with Crippen LogP contribution in [0, 0.1) is 5.92 Å². The third-order valence-corrected chi connectivity index (χ3v) is 4.38. The summed E-state index contributed by atoms with van der Waals surface area (Å²) >= 11 is 6.28. The monoisotopic (exact) mass is 497 g/mol. The first-order valence-electron chi connectivity index (χ1n) is 9.10. The van der Waals surface area contributed by atoms with Gasteiger partial charge in [-0.3, -0.25) is 4.99 Å². The van der Waals surface area contributed by atoms with Crippen LogP contribution in [0.2, 0.25) is 5.02 Å². The highest BCUT2D eigenvalue weighted by atomic mass is 127. The van der Waals surface area contributed by atoms with Gasteiger partial charge in [-0.15, -0.1) is 24.0 Å². The van der Waals surface area contributed by atoms with E-state index in [9.17, 15) is 0 Å². The SMILES string of the molecule is CCCC(CCO)CN=C(NCC)NCCc1ccc(OC)cc1Cl.I. The molecule has 26 heavy (non-hydrogen) atoms. The molecule has 0 saturated heterocycles. The largest absolute Gasteiger partial charge is 0.497 e. The van der Waals surface area contributed by atoms with Gasteiger partial charge in [0, 0.05) is 31.3 Å². The maximum atomic E-state index is 9.16. The molecular formula is C19H33ClIN3O2. The van der Waals surface area contributed by atoms with E-state index in [2.05, 4.69) is 29.5 Å². The molecule has 1 rings (SSSR count). The van der Waals surface area contributed by atoms with E-state index >= 15 is 0 Å². The first kappa shape index (κ1) is 25.3. The lowest BCUT2D eigenvalue weighted by Gasteiger charge is -2.15. The van der Waals surface area contributed by atoms with E-state index in [-0.39, 0.29) is 30.6 Å². The van der Waals surface area contributed by atoms with E-state index in [1.54, 1.807) is 7.11 Å². The molecule has 5 nitrogen and oxygen atoms in total. The molecule has 0 aliphatic rings. The Morgan fingerprint density at radius 3 is 2.62 bits per heavy atom. The Bertz CT molecular complexity index is 524. The van der Waals surface area contributed by atoms with Crippen LogP contribution in [0.3, 0.4) is 0 Å². The van der Waals surface area contributed by atoms with Crippen molar-refractivity contribution in [2.24, 2.45) is 10.9 Å². The van der Waals surface area contributed by atoms with Gasteiger partial charge in [-0.05, 0) is 49.8 Å². The van der Waals surface area contributed by atoms with E-state index in [0.29, 0.717) is 10.9 Å². The number of hydrogen-bond acceptors (Lipinski definition) is 3. The fraction of sp³-hybridized carbons (Fsp3) is 0.632. The van der Waals surface area contributed by atoms with Crippen LogP contribution in [0.1, 0.15) is 38.7 Å². The highest BCUT2D eigenvalue weighted by Gasteiger charge is 2.08. The van der Waals surface area contributed by atoms with Gasteiger partial charge >= 0.3 is 0 Å². The van der Waals surface area contributed by atoms with Crippen molar-refractivity contribution in [3.8, 4) is 5.75 Å². The molecule has 1 unspecified atom stereocenters. The summed E-state index contributed by atoms with van der Waals surface area (Å²) in [7, 11) is 1.63. The lowest BCUT2D eigenvalue weighted by Crippen LogP contribution is -2.38. The number of halogens is 2. The van der Waals surface area contributed by atoms with Crippen molar-refractivity contribution in [1.29, 1.82) is 0 Å². The summed E-state index contributed by atoms with van der Waals surface area (Å²) in [4.78, 5) is 4.66. The van der Waals surface area contributed by atoms with E-state index in [1.807, 2.05) is 18.2 Å². The molecular weight excluding hydrogens is 465 g/mol. The van der Waals surface area contributed by atoms with Crippen LogP contribution in [-0.4, -0.2) is 44.4 Å². The Morgan fingerprint density at radius 2 is 2.04 bits per heavy atom. The highest BCUT2D eigenvalue weighted by molar-refractivity contribution is 14.0. The minimum absolute atomic E-state index is 0. The average Bonchev–Trinajstić information content (AvgIpc) is 2.61. The van der Waals surface area contributed by atoms with Crippen LogP contribution < -0.4 is 15.4 Å². The van der Waals surface area contributed by atoms with Crippen LogP contribution in [-0.2, 0) is 6.42 Å². The number of benzene rings is 1. The number of hydrogen-bond donors (Lipinski definition) is 3. The Morgan fingerprint density at radius 1 is 1.27 bits per heavy atom. The number of guanidine groups is 1. The molecule has 0 amide bonds. The predicted octanol–water partition coefficient (Wildman–Crippen LogP) is 3.86. The third kappa shape index (κ3) is 9.83. The first-order chi connectivity index (χ1) is 12.1. The zero-order valence-electron chi connectivity index (χ0n) is 16.1. The van der Waals surface area contributed by atoms with E-state index < -0.39 is 0 Å². The van der Waals surface area contributed by atoms with Gasteiger partial charge in [0.15, 0.2) is 5.96 Å². The number of methoxy groups -OCH3 is 1. The molecule has 0 heterocycles. The fourth-order valence-corrected chi connectivity index (χ4v) is 2.92. The molecule has 0 saturated carbocycles. The smallest absolute Gasteiger partial charge is 0.191 e. The van der Waals surface area contributed by atoms with Crippen molar-refractivity contribution >= 4 is 41.5 Å². The number of aliphatic imine (C=N–C) groups is 1. The number of rotatable bonds is 11. The van der Waals surface area contributed by atoms with Gasteiger partial charge in [0.05, 0.1) is 7.11 Å². The first-order valence-corrected chi connectivity index (χ1v) is 9.47. The number of nitrogens with zero attached hydrogens (tertiary/aromatic N) is 1. The van der Waals surface area contributed by atoms with Gasteiger partial charge in [0.25, 0.3) is 0 Å².